The van der Waals surface area contributed by atoms with Gasteiger partial charge in [-0.1, -0.05) is 67.6 Å². The average Bonchev–Trinajstić information content (AvgIpc) is 3.41. The van der Waals surface area contributed by atoms with Gasteiger partial charge in [-0.2, -0.15) is 0 Å². The first kappa shape index (κ1) is 30.8. The van der Waals surface area contributed by atoms with Gasteiger partial charge >= 0.3 is 12.1 Å². The van der Waals surface area contributed by atoms with Gasteiger partial charge in [0.15, 0.2) is 0 Å². The van der Waals surface area contributed by atoms with E-state index in [4.69, 9.17) is 15.2 Å². The summed E-state index contributed by atoms with van der Waals surface area (Å²) in [6, 6.07) is 22.2. The molecule has 1 heterocycles. The Hall–Kier alpha value is -5.12. The molecule has 10 nitrogen and oxygen atoms in total. The molecule has 0 aliphatic carbocycles. The number of fused-ring (bicyclic) bond motifs is 1. The third-order valence-corrected chi connectivity index (χ3v) is 7.05. The summed E-state index contributed by atoms with van der Waals surface area (Å²) in [5.41, 5.74) is 7.86. The minimum absolute atomic E-state index is 0.0927. The third kappa shape index (κ3) is 8.22. The highest BCUT2D eigenvalue weighted by molar-refractivity contribution is 5.94. The van der Waals surface area contributed by atoms with Gasteiger partial charge in [0.05, 0.1) is 12.2 Å². The quantitative estimate of drug-likeness (QED) is 0.173. The third-order valence-electron chi connectivity index (χ3n) is 7.05. The van der Waals surface area contributed by atoms with Crippen molar-refractivity contribution >= 4 is 34.8 Å². The average molecular weight is 585 g/mol. The largest absolute Gasteiger partial charge is 0.462 e. The van der Waals surface area contributed by atoms with Crippen LogP contribution >= 0.6 is 0 Å². The fraction of sp³-hybridized carbons (Fsp3) is 0.273. The molecule has 1 unspecified atom stereocenters. The van der Waals surface area contributed by atoms with Crippen LogP contribution in [-0.2, 0) is 38.5 Å². The zero-order valence-electron chi connectivity index (χ0n) is 24.2. The maximum atomic E-state index is 13.7. The first-order chi connectivity index (χ1) is 20.7. The molecule has 3 aromatic carbocycles. The lowest BCUT2D eigenvalue weighted by atomic mass is 9.91. The molecule has 0 saturated heterocycles. The minimum atomic E-state index is -1.41. The maximum absolute atomic E-state index is 13.7. The fourth-order valence-corrected chi connectivity index (χ4v) is 4.63. The van der Waals surface area contributed by atoms with E-state index >= 15 is 0 Å². The number of hydrogen-bond donors (Lipinski definition) is 4. The molecule has 10 heteroatoms. The van der Waals surface area contributed by atoms with Crippen LogP contribution in [0.2, 0.25) is 0 Å². The van der Waals surface area contributed by atoms with Gasteiger partial charge in [0, 0.05) is 29.9 Å². The van der Waals surface area contributed by atoms with Crippen LogP contribution in [0, 0.1) is 0 Å². The van der Waals surface area contributed by atoms with Gasteiger partial charge < -0.3 is 30.8 Å². The topological polar surface area (TPSA) is 153 Å². The van der Waals surface area contributed by atoms with Gasteiger partial charge in [0.25, 0.3) is 0 Å². The summed E-state index contributed by atoms with van der Waals surface area (Å²) in [5, 5.41) is 6.33. The molecule has 0 aliphatic rings. The van der Waals surface area contributed by atoms with E-state index in [1.807, 2.05) is 61.5 Å². The number of hydrogen-bond acceptors (Lipinski definition) is 6. The number of nitrogens with one attached hydrogen (secondary N) is 3. The summed E-state index contributed by atoms with van der Waals surface area (Å²) in [5.74, 6) is -1.72. The first-order valence-corrected chi connectivity index (χ1v) is 14.1. The van der Waals surface area contributed by atoms with Crippen molar-refractivity contribution < 1.29 is 28.7 Å². The number of primary amides is 1. The Morgan fingerprint density at radius 1 is 0.907 bits per heavy atom. The van der Waals surface area contributed by atoms with E-state index in [-0.39, 0.29) is 19.4 Å². The summed E-state index contributed by atoms with van der Waals surface area (Å²) in [6.07, 6.45) is 1.97. The second-order valence-electron chi connectivity index (χ2n) is 10.5. The summed E-state index contributed by atoms with van der Waals surface area (Å²) in [6.45, 7) is 3.71. The molecule has 2 atom stereocenters. The van der Waals surface area contributed by atoms with E-state index in [1.165, 1.54) is 0 Å². The van der Waals surface area contributed by atoms with Crippen LogP contribution in [0.3, 0.4) is 0 Å². The van der Waals surface area contributed by atoms with Crippen molar-refractivity contribution in [3.05, 3.63) is 107 Å². The molecule has 0 radical (unpaired) electrons. The Morgan fingerprint density at radius 3 is 2.30 bits per heavy atom. The van der Waals surface area contributed by atoms with Crippen LogP contribution in [0.15, 0.2) is 85.1 Å². The van der Waals surface area contributed by atoms with E-state index < -0.39 is 35.5 Å². The molecular weight excluding hydrogens is 548 g/mol. The molecule has 4 aromatic rings. The molecular formula is C33H36N4O6. The van der Waals surface area contributed by atoms with E-state index in [0.29, 0.717) is 17.7 Å². The van der Waals surface area contributed by atoms with Crippen molar-refractivity contribution in [2.24, 2.45) is 5.73 Å². The van der Waals surface area contributed by atoms with Crippen LogP contribution in [0.25, 0.3) is 10.9 Å². The highest BCUT2D eigenvalue weighted by atomic mass is 16.5. The number of benzene rings is 3. The van der Waals surface area contributed by atoms with E-state index in [1.54, 1.807) is 37.4 Å². The lowest BCUT2D eigenvalue weighted by Crippen LogP contribution is -2.61. The summed E-state index contributed by atoms with van der Waals surface area (Å²) in [7, 11) is 0. The van der Waals surface area contributed by atoms with Crippen LogP contribution in [0.1, 0.15) is 47.3 Å². The van der Waals surface area contributed by atoms with Crippen LogP contribution < -0.4 is 16.4 Å². The fourth-order valence-electron chi connectivity index (χ4n) is 4.63. The van der Waals surface area contributed by atoms with Crippen molar-refractivity contribution in [3.8, 4) is 0 Å². The van der Waals surface area contributed by atoms with Crippen molar-refractivity contribution in [1.82, 2.24) is 15.6 Å². The zero-order chi connectivity index (χ0) is 30.8. The smallest absolute Gasteiger partial charge is 0.408 e. The molecule has 0 saturated carbocycles. The molecule has 1 aromatic heterocycles. The van der Waals surface area contributed by atoms with Crippen LogP contribution in [0.5, 0.6) is 0 Å². The van der Waals surface area contributed by atoms with Crippen molar-refractivity contribution in [1.29, 1.82) is 0 Å². The SMILES string of the molecule is CCCOC(=O)c1ccc(COC(=O)N[C@@H](Cc2c[nH]c3ccccc23)C(=O)NC(C)(Cc2ccccc2)C(N)=O)cc1. The number of ether oxygens (including phenoxy) is 2. The number of amides is 3. The van der Waals surface area contributed by atoms with Crippen molar-refractivity contribution in [2.45, 2.75) is 51.3 Å². The number of carbonyl (C=O) groups excluding carboxylic acids is 4. The lowest BCUT2D eigenvalue weighted by Gasteiger charge is -2.30. The molecule has 224 valence electrons. The van der Waals surface area contributed by atoms with E-state index in [2.05, 4.69) is 15.6 Å². The van der Waals surface area contributed by atoms with Gasteiger partial charge in [-0.15, -0.1) is 0 Å². The summed E-state index contributed by atoms with van der Waals surface area (Å²) >= 11 is 0. The van der Waals surface area contributed by atoms with Gasteiger partial charge in [0.2, 0.25) is 11.8 Å². The number of rotatable bonds is 13. The molecule has 0 spiro atoms. The van der Waals surface area contributed by atoms with Gasteiger partial charge in [-0.25, -0.2) is 9.59 Å². The molecule has 3 amide bonds. The van der Waals surface area contributed by atoms with Gasteiger partial charge in [-0.3, -0.25) is 9.59 Å². The number of esters is 1. The zero-order valence-corrected chi connectivity index (χ0v) is 24.2. The number of alkyl carbamates (subject to hydrolysis) is 1. The highest BCUT2D eigenvalue weighted by Crippen LogP contribution is 2.20. The molecule has 0 fully saturated rings. The molecule has 5 N–H and O–H groups in total. The number of nitrogens with two attached hydrogens (primary N) is 1. The standard InChI is InChI=1S/C33H36N4O6/c1-3-17-42-30(39)24-15-13-23(14-16-24)21-43-32(41)36-28(18-25-20-35-27-12-8-7-11-26(25)27)29(38)37-33(2,31(34)40)19-22-9-5-4-6-10-22/h4-16,20,28,35H,3,17-19,21H2,1-2H3,(H2,34,40)(H,36,41)(H,37,38)/t28-,33?/m0/s1. The van der Waals surface area contributed by atoms with Gasteiger partial charge in [-0.05, 0) is 48.2 Å². The van der Waals surface area contributed by atoms with E-state index in [9.17, 15) is 19.2 Å². The first-order valence-electron chi connectivity index (χ1n) is 14.1. The van der Waals surface area contributed by atoms with Crippen LogP contribution in [-0.4, -0.2) is 47.0 Å². The second-order valence-corrected chi connectivity index (χ2v) is 10.5. The Balaban J connectivity index is 1.47. The predicted molar refractivity (Wildman–Crippen MR) is 162 cm³/mol. The van der Waals surface area contributed by atoms with E-state index in [0.717, 1.165) is 28.5 Å². The molecule has 43 heavy (non-hydrogen) atoms. The Morgan fingerprint density at radius 2 is 1.60 bits per heavy atom. The lowest BCUT2D eigenvalue weighted by molar-refractivity contribution is -0.132. The Labute approximate surface area is 249 Å². The Kier molecular flexibility index (Phi) is 10.2. The summed E-state index contributed by atoms with van der Waals surface area (Å²) in [4.78, 5) is 54.3. The normalized spacial score (nSPS) is 13.0. The van der Waals surface area contributed by atoms with Gasteiger partial charge in [0.1, 0.15) is 18.2 Å². The second kappa shape index (κ2) is 14.2. The van der Waals surface area contributed by atoms with Crippen LogP contribution in [0.4, 0.5) is 4.79 Å². The monoisotopic (exact) mass is 584 g/mol. The molecule has 0 bridgehead atoms. The van der Waals surface area contributed by atoms with Crippen molar-refractivity contribution in [2.75, 3.05) is 6.61 Å². The number of H-pyrrole nitrogens is 1. The number of aromatic amines is 1. The Bertz CT molecular complexity index is 1570. The molecule has 4 rings (SSSR count). The maximum Gasteiger partial charge on any atom is 0.408 e. The summed E-state index contributed by atoms with van der Waals surface area (Å²) < 4.78 is 10.5. The number of aromatic nitrogens is 1. The highest BCUT2D eigenvalue weighted by Gasteiger charge is 2.36. The predicted octanol–water partition coefficient (Wildman–Crippen LogP) is 4.18. The van der Waals surface area contributed by atoms with Crippen molar-refractivity contribution in [3.63, 3.8) is 0 Å². The number of carbonyl (C=O) groups is 4. The molecule has 0 aliphatic heterocycles. The minimum Gasteiger partial charge on any atom is -0.462 e. The number of para-hydroxylation sites is 1.